The largest absolute Gasteiger partial charge is 0.347 e. The van der Waals surface area contributed by atoms with Crippen molar-refractivity contribution in [2.75, 3.05) is 19.0 Å². The molecule has 1 aromatic rings. The van der Waals surface area contributed by atoms with Crippen molar-refractivity contribution in [1.29, 1.82) is 0 Å². The zero-order valence-electron chi connectivity index (χ0n) is 9.10. The first kappa shape index (κ1) is 10.1. The van der Waals surface area contributed by atoms with Crippen LogP contribution in [0.3, 0.4) is 0 Å². The molecule has 15 heavy (non-hydrogen) atoms. The summed E-state index contributed by atoms with van der Waals surface area (Å²) in [4.78, 5) is 21.8. The number of nitrogens with zero attached hydrogens (tertiary/aromatic N) is 3. The molecule has 0 atom stereocenters. The standard InChI is InChI=1S/C11H15N3O/c1-14(2)11-12-6-5-9(13-11)7-10(15)8-3-4-8/h5-6,8H,3-4,7H2,1-2H3. The van der Waals surface area contributed by atoms with Crippen LogP contribution in [-0.2, 0) is 11.2 Å². The molecule has 1 heterocycles. The Hall–Kier alpha value is -1.45. The quantitative estimate of drug-likeness (QED) is 0.737. The lowest BCUT2D eigenvalue weighted by Gasteiger charge is -2.10. The van der Waals surface area contributed by atoms with Gasteiger partial charge in [0, 0.05) is 32.6 Å². The van der Waals surface area contributed by atoms with E-state index in [0.717, 1.165) is 18.5 Å². The molecule has 0 amide bonds. The number of ketones is 1. The summed E-state index contributed by atoms with van der Waals surface area (Å²) < 4.78 is 0. The molecule has 0 bridgehead atoms. The van der Waals surface area contributed by atoms with E-state index in [-0.39, 0.29) is 0 Å². The SMILES string of the molecule is CN(C)c1nccc(CC(=O)C2CC2)n1. The summed E-state index contributed by atoms with van der Waals surface area (Å²) in [5.41, 5.74) is 0.825. The maximum absolute atomic E-state index is 11.6. The molecular formula is C11H15N3O. The molecule has 1 saturated carbocycles. The van der Waals surface area contributed by atoms with Crippen molar-refractivity contribution < 1.29 is 4.79 Å². The molecule has 0 N–H and O–H groups in total. The fourth-order valence-corrected chi connectivity index (χ4v) is 1.43. The molecule has 1 aliphatic carbocycles. The van der Waals surface area contributed by atoms with E-state index in [9.17, 15) is 4.79 Å². The van der Waals surface area contributed by atoms with Gasteiger partial charge in [0.2, 0.25) is 5.95 Å². The Morgan fingerprint density at radius 1 is 1.53 bits per heavy atom. The van der Waals surface area contributed by atoms with E-state index < -0.39 is 0 Å². The zero-order valence-corrected chi connectivity index (χ0v) is 9.10. The van der Waals surface area contributed by atoms with Gasteiger partial charge in [-0.3, -0.25) is 4.79 Å². The topological polar surface area (TPSA) is 46.1 Å². The van der Waals surface area contributed by atoms with Crippen molar-refractivity contribution in [1.82, 2.24) is 9.97 Å². The number of carbonyl (C=O) groups excluding carboxylic acids is 1. The van der Waals surface area contributed by atoms with Gasteiger partial charge < -0.3 is 4.90 Å². The Labute approximate surface area is 89.3 Å². The fraction of sp³-hybridized carbons (Fsp3) is 0.545. The van der Waals surface area contributed by atoms with E-state index in [1.807, 2.05) is 25.1 Å². The van der Waals surface area contributed by atoms with Crippen LogP contribution in [-0.4, -0.2) is 29.8 Å². The third-order valence-electron chi connectivity index (χ3n) is 2.49. The summed E-state index contributed by atoms with van der Waals surface area (Å²) in [7, 11) is 3.78. The molecule has 4 heteroatoms. The van der Waals surface area contributed by atoms with E-state index in [1.165, 1.54) is 0 Å². The van der Waals surface area contributed by atoms with Crippen molar-refractivity contribution in [3.05, 3.63) is 18.0 Å². The van der Waals surface area contributed by atoms with Crippen molar-refractivity contribution in [3.8, 4) is 0 Å². The molecule has 2 rings (SSSR count). The molecule has 0 saturated heterocycles. The van der Waals surface area contributed by atoms with Gasteiger partial charge in [-0.05, 0) is 18.9 Å². The number of carbonyl (C=O) groups is 1. The highest BCUT2D eigenvalue weighted by Crippen LogP contribution is 2.30. The summed E-state index contributed by atoms with van der Waals surface area (Å²) >= 11 is 0. The van der Waals surface area contributed by atoms with Crippen LogP contribution in [0, 0.1) is 5.92 Å². The lowest BCUT2D eigenvalue weighted by molar-refractivity contribution is -0.119. The Morgan fingerprint density at radius 2 is 2.27 bits per heavy atom. The lowest BCUT2D eigenvalue weighted by Crippen LogP contribution is -2.14. The highest BCUT2D eigenvalue weighted by atomic mass is 16.1. The third-order valence-corrected chi connectivity index (χ3v) is 2.49. The minimum atomic E-state index is 0.308. The maximum Gasteiger partial charge on any atom is 0.224 e. The second kappa shape index (κ2) is 3.96. The average Bonchev–Trinajstić information content (AvgIpc) is 3.01. The van der Waals surface area contributed by atoms with E-state index in [4.69, 9.17) is 0 Å². The summed E-state index contributed by atoms with van der Waals surface area (Å²) in [6.07, 6.45) is 4.28. The predicted octanol–water partition coefficient (Wildman–Crippen LogP) is 1.06. The molecule has 1 aromatic heterocycles. The third kappa shape index (κ3) is 2.52. The van der Waals surface area contributed by atoms with Crippen LogP contribution in [0.15, 0.2) is 12.3 Å². The van der Waals surface area contributed by atoms with Gasteiger partial charge in [-0.1, -0.05) is 0 Å². The van der Waals surface area contributed by atoms with Crippen LogP contribution in [0.25, 0.3) is 0 Å². The molecule has 4 nitrogen and oxygen atoms in total. The normalized spacial score (nSPS) is 15.1. The number of hydrogen-bond acceptors (Lipinski definition) is 4. The second-order valence-electron chi connectivity index (χ2n) is 4.16. The minimum absolute atomic E-state index is 0.308. The van der Waals surface area contributed by atoms with Gasteiger partial charge in [-0.25, -0.2) is 9.97 Å². The predicted molar refractivity (Wildman–Crippen MR) is 57.8 cm³/mol. The van der Waals surface area contributed by atoms with Crippen molar-refractivity contribution in [2.45, 2.75) is 19.3 Å². The van der Waals surface area contributed by atoms with Crippen LogP contribution in [0.4, 0.5) is 5.95 Å². The van der Waals surface area contributed by atoms with Gasteiger partial charge in [0.25, 0.3) is 0 Å². The molecule has 80 valence electrons. The van der Waals surface area contributed by atoms with Gasteiger partial charge in [-0.2, -0.15) is 0 Å². The molecule has 0 spiro atoms. The Balaban J connectivity index is 2.07. The van der Waals surface area contributed by atoms with Gasteiger partial charge in [-0.15, -0.1) is 0 Å². The first-order valence-electron chi connectivity index (χ1n) is 5.19. The molecule has 0 radical (unpaired) electrons. The summed E-state index contributed by atoms with van der Waals surface area (Å²) in [5.74, 6) is 1.29. The van der Waals surface area contributed by atoms with Crippen molar-refractivity contribution in [3.63, 3.8) is 0 Å². The zero-order chi connectivity index (χ0) is 10.8. The molecule has 1 fully saturated rings. The number of aromatic nitrogens is 2. The van der Waals surface area contributed by atoms with Gasteiger partial charge >= 0.3 is 0 Å². The van der Waals surface area contributed by atoms with E-state index in [2.05, 4.69) is 9.97 Å². The smallest absolute Gasteiger partial charge is 0.224 e. The lowest BCUT2D eigenvalue weighted by atomic mass is 10.1. The first-order valence-corrected chi connectivity index (χ1v) is 5.19. The van der Waals surface area contributed by atoms with Gasteiger partial charge in [0.05, 0.1) is 5.69 Å². The molecule has 0 unspecified atom stereocenters. The minimum Gasteiger partial charge on any atom is -0.347 e. The maximum atomic E-state index is 11.6. The molecule has 1 aliphatic rings. The van der Waals surface area contributed by atoms with E-state index in [0.29, 0.717) is 24.1 Å². The number of anilines is 1. The number of hydrogen-bond donors (Lipinski definition) is 0. The number of rotatable bonds is 4. The fourth-order valence-electron chi connectivity index (χ4n) is 1.43. The average molecular weight is 205 g/mol. The van der Waals surface area contributed by atoms with Crippen LogP contribution in [0.5, 0.6) is 0 Å². The van der Waals surface area contributed by atoms with Crippen LogP contribution < -0.4 is 4.90 Å². The van der Waals surface area contributed by atoms with Crippen LogP contribution >= 0.6 is 0 Å². The molecule has 0 aromatic carbocycles. The Morgan fingerprint density at radius 3 is 2.87 bits per heavy atom. The monoisotopic (exact) mass is 205 g/mol. The van der Waals surface area contributed by atoms with Crippen molar-refractivity contribution >= 4 is 11.7 Å². The van der Waals surface area contributed by atoms with Gasteiger partial charge in [0.15, 0.2) is 0 Å². The summed E-state index contributed by atoms with van der Waals surface area (Å²) in [6.45, 7) is 0. The highest BCUT2D eigenvalue weighted by molar-refractivity contribution is 5.84. The Bertz CT molecular complexity index is 372. The summed E-state index contributed by atoms with van der Waals surface area (Å²) in [6, 6.07) is 1.81. The molecule has 0 aliphatic heterocycles. The van der Waals surface area contributed by atoms with Gasteiger partial charge in [0.1, 0.15) is 5.78 Å². The van der Waals surface area contributed by atoms with E-state index >= 15 is 0 Å². The number of Topliss-reactive ketones (excluding diaryl/α,β-unsaturated/α-hetero) is 1. The van der Waals surface area contributed by atoms with Crippen LogP contribution in [0.2, 0.25) is 0 Å². The first-order chi connectivity index (χ1) is 7.16. The summed E-state index contributed by atoms with van der Waals surface area (Å²) in [5, 5.41) is 0. The Kier molecular flexibility index (Phi) is 2.66. The van der Waals surface area contributed by atoms with E-state index in [1.54, 1.807) is 6.20 Å². The van der Waals surface area contributed by atoms with Crippen molar-refractivity contribution in [2.24, 2.45) is 5.92 Å². The van der Waals surface area contributed by atoms with Crippen LogP contribution in [0.1, 0.15) is 18.5 Å². The molecular weight excluding hydrogens is 190 g/mol. The second-order valence-corrected chi connectivity index (χ2v) is 4.16. The highest BCUT2D eigenvalue weighted by Gasteiger charge is 2.29.